The molecule has 0 radical (unpaired) electrons. The number of thiophene rings is 1. The van der Waals surface area contributed by atoms with Gasteiger partial charge in [0.2, 0.25) is 0 Å². The number of pyridine rings is 1. The number of aliphatic imine (C=N–C) groups is 1. The van der Waals surface area contributed by atoms with E-state index in [0.717, 1.165) is 31.0 Å². The SMILES string of the molecule is CN=C(NCCc1cccc2cccnc12)NCC(C)c1cccs1.I. The first-order chi connectivity index (χ1) is 12.3. The molecule has 26 heavy (non-hydrogen) atoms. The molecule has 2 N–H and O–H groups in total. The van der Waals surface area contributed by atoms with Crippen molar-refractivity contribution in [2.45, 2.75) is 19.3 Å². The lowest BCUT2D eigenvalue weighted by Gasteiger charge is -2.15. The van der Waals surface area contributed by atoms with Gasteiger partial charge in [-0.1, -0.05) is 37.3 Å². The Hall–Kier alpha value is -1.67. The average molecular weight is 480 g/mol. The molecule has 0 spiro atoms. The van der Waals surface area contributed by atoms with Gasteiger partial charge in [-0.2, -0.15) is 0 Å². The first-order valence-corrected chi connectivity index (χ1v) is 9.46. The third-order valence-corrected chi connectivity index (χ3v) is 5.34. The van der Waals surface area contributed by atoms with Crippen LogP contribution in [0.15, 0.2) is 59.0 Å². The van der Waals surface area contributed by atoms with Crippen molar-refractivity contribution in [1.82, 2.24) is 15.6 Å². The second-order valence-electron chi connectivity index (χ2n) is 6.04. The predicted molar refractivity (Wildman–Crippen MR) is 123 cm³/mol. The van der Waals surface area contributed by atoms with Crippen LogP contribution in [0.2, 0.25) is 0 Å². The summed E-state index contributed by atoms with van der Waals surface area (Å²) in [6.45, 7) is 3.92. The number of halogens is 1. The third kappa shape index (κ3) is 5.41. The van der Waals surface area contributed by atoms with Crippen LogP contribution in [-0.2, 0) is 6.42 Å². The van der Waals surface area contributed by atoms with E-state index in [-0.39, 0.29) is 24.0 Å². The van der Waals surface area contributed by atoms with Gasteiger partial charge < -0.3 is 10.6 Å². The number of nitrogens with one attached hydrogen (secondary N) is 2. The second kappa shape index (κ2) is 10.5. The Bertz CT molecular complexity index is 827. The average Bonchev–Trinajstić information content (AvgIpc) is 3.19. The number of rotatable bonds is 6. The molecule has 2 heterocycles. The van der Waals surface area contributed by atoms with E-state index >= 15 is 0 Å². The summed E-state index contributed by atoms with van der Waals surface area (Å²) in [7, 11) is 1.81. The molecule has 0 amide bonds. The topological polar surface area (TPSA) is 49.3 Å². The number of nitrogens with zero attached hydrogens (tertiary/aromatic N) is 2. The van der Waals surface area contributed by atoms with Gasteiger partial charge in [0.25, 0.3) is 0 Å². The van der Waals surface area contributed by atoms with E-state index in [1.165, 1.54) is 15.8 Å². The molecule has 138 valence electrons. The largest absolute Gasteiger partial charge is 0.356 e. The summed E-state index contributed by atoms with van der Waals surface area (Å²) in [5, 5.41) is 10.1. The number of fused-ring (bicyclic) bond motifs is 1. The summed E-state index contributed by atoms with van der Waals surface area (Å²) < 4.78 is 0. The third-order valence-electron chi connectivity index (χ3n) is 4.23. The van der Waals surface area contributed by atoms with Crippen molar-refractivity contribution in [3.05, 3.63) is 64.5 Å². The molecule has 1 atom stereocenters. The lowest BCUT2D eigenvalue weighted by Crippen LogP contribution is -2.39. The summed E-state index contributed by atoms with van der Waals surface area (Å²) in [6.07, 6.45) is 2.77. The molecule has 0 aliphatic carbocycles. The molecule has 1 unspecified atom stereocenters. The fourth-order valence-corrected chi connectivity index (χ4v) is 3.61. The zero-order valence-electron chi connectivity index (χ0n) is 15.1. The number of hydrogen-bond acceptors (Lipinski definition) is 3. The highest BCUT2D eigenvalue weighted by atomic mass is 127. The van der Waals surface area contributed by atoms with Crippen molar-refractivity contribution >= 4 is 52.2 Å². The summed E-state index contributed by atoms with van der Waals surface area (Å²) in [4.78, 5) is 10.2. The quantitative estimate of drug-likeness (QED) is 0.312. The molecule has 0 saturated carbocycles. The standard InChI is InChI=1S/C20H24N4S.HI/c1-15(18-9-5-13-25-18)14-24-20(21-2)23-12-10-17-7-3-6-16-8-4-11-22-19(16)17;/h3-9,11,13,15H,10,12,14H2,1-2H3,(H2,21,23,24);1H. The van der Waals surface area contributed by atoms with Crippen LogP contribution in [0.1, 0.15) is 23.3 Å². The number of benzene rings is 1. The highest BCUT2D eigenvalue weighted by Crippen LogP contribution is 2.19. The van der Waals surface area contributed by atoms with Crippen molar-refractivity contribution in [1.29, 1.82) is 0 Å². The van der Waals surface area contributed by atoms with E-state index in [1.54, 1.807) is 11.3 Å². The normalized spacial score (nSPS) is 12.5. The number of guanidine groups is 1. The zero-order chi connectivity index (χ0) is 17.5. The minimum Gasteiger partial charge on any atom is -0.356 e. The molecule has 1 aromatic carbocycles. The smallest absolute Gasteiger partial charge is 0.191 e. The van der Waals surface area contributed by atoms with Gasteiger partial charge in [0, 0.05) is 42.5 Å². The van der Waals surface area contributed by atoms with E-state index < -0.39 is 0 Å². The van der Waals surface area contributed by atoms with Gasteiger partial charge in [0.15, 0.2) is 5.96 Å². The van der Waals surface area contributed by atoms with Crippen LogP contribution < -0.4 is 10.6 Å². The first kappa shape index (κ1) is 20.6. The Morgan fingerprint density at radius 2 is 2.00 bits per heavy atom. The van der Waals surface area contributed by atoms with Crippen molar-refractivity contribution in [3.63, 3.8) is 0 Å². The Kier molecular flexibility index (Phi) is 8.31. The van der Waals surface area contributed by atoms with Gasteiger partial charge >= 0.3 is 0 Å². The maximum absolute atomic E-state index is 4.51. The second-order valence-corrected chi connectivity index (χ2v) is 7.02. The van der Waals surface area contributed by atoms with Crippen LogP contribution in [0.25, 0.3) is 10.9 Å². The van der Waals surface area contributed by atoms with Gasteiger partial charge in [-0.05, 0) is 29.5 Å². The van der Waals surface area contributed by atoms with Gasteiger partial charge in [-0.25, -0.2) is 0 Å². The molecule has 2 aromatic heterocycles. The van der Waals surface area contributed by atoms with Crippen molar-refractivity contribution in [3.8, 4) is 0 Å². The molecule has 3 aromatic rings. The van der Waals surface area contributed by atoms with Crippen molar-refractivity contribution < 1.29 is 0 Å². The number of para-hydroxylation sites is 1. The van der Waals surface area contributed by atoms with E-state index in [2.05, 4.69) is 69.3 Å². The van der Waals surface area contributed by atoms with Gasteiger partial charge in [-0.3, -0.25) is 9.98 Å². The lowest BCUT2D eigenvalue weighted by atomic mass is 10.1. The van der Waals surface area contributed by atoms with Crippen LogP contribution in [0.4, 0.5) is 0 Å². The predicted octanol–water partition coefficient (Wildman–Crippen LogP) is 4.43. The van der Waals surface area contributed by atoms with Crippen LogP contribution in [-0.4, -0.2) is 31.1 Å². The summed E-state index contributed by atoms with van der Waals surface area (Å²) in [5.74, 6) is 1.32. The Balaban J connectivity index is 0.00000243. The minimum absolute atomic E-state index is 0. The van der Waals surface area contributed by atoms with Crippen LogP contribution in [0.5, 0.6) is 0 Å². The van der Waals surface area contributed by atoms with Crippen LogP contribution >= 0.6 is 35.3 Å². The highest BCUT2D eigenvalue weighted by Gasteiger charge is 2.08. The van der Waals surface area contributed by atoms with Crippen molar-refractivity contribution in [2.24, 2.45) is 4.99 Å². The van der Waals surface area contributed by atoms with E-state index in [1.807, 2.05) is 19.3 Å². The summed E-state index contributed by atoms with van der Waals surface area (Å²) in [5.41, 5.74) is 2.34. The number of hydrogen-bond donors (Lipinski definition) is 2. The fraction of sp³-hybridized carbons (Fsp3) is 0.300. The summed E-state index contributed by atoms with van der Waals surface area (Å²) >= 11 is 1.80. The van der Waals surface area contributed by atoms with E-state index in [9.17, 15) is 0 Å². The molecule has 0 fully saturated rings. The molecule has 0 aliphatic rings. The maximum Gasteiger partial charge on any atom is 0.191 e. The minimum atomic E-state index is 0. The molecule has 3 rings (SSSR count). The fourth-order valence-electron chi connectivity index (χ4n) is 2.83. The molecular formula is C20H25IN4S. The number of aromatic nitrogens is 1. The molecular weight excluding hydrogens is 455 g/mol. The monoisotopic (exact) mass is 480 g/mol. The summed E-state index contributed by atoms with van der Waals surface area (Å²) in [6, 6.07) is 14.7. The highest BCUT2D eigenvalue weighted by molar-refractivity contribution is 14.0. The van der Waals surface area contributed by atoms with Gasteiger partial charge in [-0.15, -0.1) is 35.3 Å². The zero-order valence-corrected chi connectivity index (χ0v) is 18.3. The molecule has 0 bridgehead atoms. The van der Waals surface area contributed by atoms with Crippen LogP contribution in [0.3, 0.4) is 0 Å². The van der Waals surface area contributed by atoms with Gasteiger partial charge in [0.1, 0.15) is 0 Å². The first-order valence-electron chi connectivity index (χ1n) is 8.58. The molecule has 6 heteroatoms. The van der Waals surface area contributed by atoms with Crippen LogP contribution in [0, 0.1) is 0 Å². The lowest BCUT2D eigenvalue weighted by molar-refractivity contribution is 0.707. The molecule has 4 nitrogen and oxygen atoms in total. The van der Waals surface area contributed by atoms with Gasteiger partial charge in [0.05, 0.1) is 5.52 Å². The Morgan fingerprint density at radius 3 is 2.77 bits per heavy atom. The molecule has 0 saturated heterocycles. The Labute approximate surface area is 176 Å². The Morgan fingerprint density at radius 1 is 1.15 bits per heavy atom. The van der Waals surface area contributed by atoms with Crippen molar-refractivity contribution in [2.75, 3.05) is 20.1 Å². The maximum atomic E-state index is 4.51. The van der Waals surface area contributed by atoms with E-state index in [4.69, 9.17) is 0 Å². The van der Waals surface area contributed by atoms with E-state index in [0.29, 0.717) is 5.92 Å². The molecule has 0 aliphatic heterocycles.